The van der Waals surface area contributed by atoms with Crippen LogP contribution in [0.5, 0.6) is 0 Å². The summed E-state index contributed by atoms with van der Waals surface area (Å²) in [5, 5.41) is 3.06. The summed E-state index contributed by atoms with van der Waals surface area (Å²) in [5.41, 5.74) is 0.806. The number of hydrogen-bond donors (Lipinski definition) is 1. The second kappa shape index (κ2) is 5.60. The largest absolute Gasteiger partial charge is 0.337 e. The summed E-state index contributed by atoms with van der Waals surface area (Å²) in [6, 6.07) is 4.54. The molecule has 92 valence electrons. The highest BCUT2D eigenvalue weighted by atomic mass is 79.9. The van der Waals surface area contributed by atoms with Crippen LogP contribution in [0, 0.1) is 5.82 Å². The van der Waals surface area contributed by atoms with Gasteiger partial charge < -0.3 is 10.2 Å². The van der Waals surface area contributed by atoms with Crippen LogP contribution in [-0.2, 0) is 11.3 Å². The average Bonchev–Trinajstić information content (AvgIpc) is 2.50. The summed E-state index contributed by atoms with van der Waals surface area (Å²) >= 11 is 3.38. The number of rotatable bonds is 2. The minimum absolute atomic E-state index is 0.0682. The Labute approximate surface area is 108 Å². The fourth-order valence-corrected chi connectivity index (χ4v) is 2.24. The number of nitrogens with zero attached hydrogens (tertiary/aromatic N) is 1. The second-order valence-electron chi connectivity index (χ2n) is 4.08. The highest BCUT2D eigenvalue weighted by Crippen LogP contribution is 2.20. The Kier molecular flexibility index (Phi) is 4.12. The fraction of sp³-hybridized carbons (Fsp3) is 0.417. The molecule has 3 nitrogen and oxygen atoms in total. The van der Waals surface area contributed by atoms with E-state index in [1.54, 1.807) is 11.0 Å². The van der Waals surface area contributed by atoms with Gasteiger partial charge in [0.25, 0.3) is 0 Å². The third-order valence-corrected chi connectivity index (χ3v) is 3.55. The van der Waals surface area contributed by atoms with Gasteiger partial charge in [0.15, 0.2) is 0 Å². The lowest BCUT2D eigenvalue weighted by Gasteiger charge is -2.20. The van der Waals surface area contributed by atoms with Crippen molar-refractivity contribution in [3.63, 3.8) is 0 Å². The molecule has 17 heavy (non-hydrogen) atoms. The van der Waals surface area contributed by atoms with Crippen LogP contribution in [0.15, 0.2) is 22.7 Å². The van der Waals surface area contributed by atoms with Gasteiger partial charge in [0.1, 0.15) is 5.82 Å². The van der Waals surface area contributed by atoms with Crippen LogP contribution >= 0.6 is 15.9 Å². The minimum Gasteiger partial charge on any atom is -0.337 e. The minimum atomic E-state index is -0.274. The molecule has 0 spiro atoms. The molecule has 0 bridgehead atoms. The van der Waals surface area contributed by atoms with E-state index in [1.807, 2.05) is 0 Å². The van der Waals surface area contributed by atoms with Gasteiger partial charge >= 0.3 is 0 Å². The fourth-order valence-electron chi connectivity index (χ4n) is 1.86. The Morgan fingerprint density at radius 2 is 2.29 bits per heavy atom. The molecule has 2 rings (SSSR count). The Balaban J connectivity index is 2.13. The monoisotopic (exact) mass is 300 g/mol. The van der Waals surface area contributed by atoms with Gasteiger partial charge in [-0.1, -0.05) is 15.9 Å². The van der Waals surface area contributed by atoms with Gasteiger partial charge in [-0.15, -0.1) is 0 Å². The Bertz CT molecular complexity index is 425. The van der Waals surface area contributed by atoms with Gasteiger partial charge in [-0.2, -0.15) is 0 Å². The van der Waals surface area contributed by atoms with E-state index >= 15 is 0 Å². The molecule has 1 aromatic rings. The van der Waals surface area contributed by atoms with Crippen LogP contribution in [0.3, 0.4) is 0 Å². The molecule has 1 heterocycles. The topological polar surface area (TPSA) is 32.3 Å². The first-order valence-corrected chi connectivity index (χ1v) is 6.38. The van der Waals surface area contributed by atoms with E-state index in [-0.39, 0.29) is 11.7 Å². The molecule has 0 radical (unpaired) electrons. The van der Waals surface area contributed by atoms with Crippen molar-refractivity contribution in [1.82, 2.24) is 10.2 Å². The number of nitrogens with one attached hydrogen (secondary N) is 1. The zero-order valence-corrected chi connectivity index (χ0v) is 11.0. The summed E-state index contributed by atoms with van der Waals surface area (Å²) in [6.45, 7) is 2.40. The van der Waals surface area contributed by atoms with Crippen LogP contribution in [0.4, 0.5) is 4.39 Å². The first-order chi connectivity index (χ1) is 8.16. The first-order valence-electron chi connectivity index (χ1n) is 5.59. The number of hydrogen-bond acceptors (Lipinski definition) is 2. The molecule has 0 atom stereocenters. The quantitative estimate of drug-likeness (QED) is 0.905. The summed E-state index contributed by atoms with van der Waals surface area (Å²) in [4.78, 5) is 13.5. The molecule has 0 aliphatic carbocycles. The molecule has 0 saturated carbocycles. The van der Waals surface area contributed by atoms with Gasteiger partial charge in [0.2, 0.25) is 5.91 Å². The normalized spacial score (nSPS) is 17.1. The number of amides is 1. The summed E-state index contributed by atoms with van der Waals surface area (Å²) in [6.07, 6.45) is 0.929. The molecule has 5 heteroatoms. The smallest absolute Gasteiger partial charge is 0.236 e. The van der Waals surface area contributed by atoms with Crippen molar-refractivity contribution in [3.8, 4) is 0 Å². The van der Waals surface area contributed by atoms with Gasteiger partial charge in [-0.05, 0) is 36.7 Å². The highest BCUT2D eigenvalue weighted by molar-refractivity contribution is 9.10. The van der Waals surface area contributed by atoms with Gasteiger partial charge in [-0.3, -0.25) is 4.79 Å². The van der Waals surface area contributed by atoms with Gasteiger partial charge in [0, 0.05) is 17.6 Å². The molecular weight excluding hydrogens is 287 g/mol. The van der Waals surface area contributed by atoms with E-state index in [2.05, 4.69) is 21.2 Å². The number of benzene rings is 1. The molecule has 0 aromatic heterocycles. The molecule has 1 saturated heterocycles. The highest BCUT2D eigenvalue weighted by Gasteiger charge is 2.17. The van der Waals surface area contributed by atoms with Crippen molar-refractivity contribution >= 4 is 21.8 Å². The SMILES string of the molecule is O=C1CNCCCN1Cc1cc(F)ccc1Br. The maximum Gasteiger partial charge on any atom is 0.236 e. The molecular formula is C12H14BrFN2O. The molecule has 1 aliphatic heterocycles. The maximum absolute atomic E-state index is 13.1. The van der Waals surface area contributed by atoms with E-state index in [0.717, 1.165) is 29.5 Å². The van der Waals surface area contributed by atoms with E-state index in [1.165, 1.54) is 12.1 Å². The molecule has 1 aliphatic rings. The maximum atomic E-state index is 13.1. The summed E-state index contributed by atoms with van der Waals surface area (Å²) in [5.74, 6) is -0.206. The predicted molar refractivity (Wildman–Crippen MR) is 67.0 cm³/mol. The van der Waals surface area contributed by atoms with Crippen LogP contribution in [0.2, 0.25) is 0 Å². The van der Waals surface area contributed by atoms with Crippen molar-refractivity contribution in [3.05, 3.63) is 34.1 Å². The second-order valence-corrected chi connectivity index (χ2v) is 4.94. The van der Waals surface area contributed by atoms with Gasteiger partial charge in [0.05, 0.1) is 6.54 Å². The predicted octanol–water partition coefficient (Wildman–Crippen LogP) is 1.91. The lowest BCUT2D eigenvalue weighted by atomic mass is 10.2. The third kappa shape index (κ3) is 3.26. The summed E-state index contributed by atoms with van der Waals surface area (Å²) in [7, 11) is 0. The van der Waals surface area contributed by atoms with Crippen molar-refractivity contribution in [1.29, 1.82) is 0 Å². The van der Waals surface area contributed by atoms with Crippen molar-refractivity contribution in [2.45, 2.75) is 13.0 Å². The number of halogens is 2. The lowest BCUT2D eigenvalue weighted by molar-refractivity contribution is -0.130. The van der Waals surface area contributed by atoms with Crippen LogP contribution in [0.25, 0.3) is 0 Å². The number of carbonyl (C=O) groups excluding carboxylic acids is 1. The van der Waals surface area contributed by atoms with E-state index < -0.39 is 0 Å². The Morgan fingerprint density at radius 3 is 3.12 bits per heavy atom. The Morgan fingerprint density at radius 1 is 1.47 bits per heavy atom. The van der Waals surface area contributed by atoms with Crippen LogP contribution in [-0.4, -0.2) is 30.4 Å². The van der Waals surface area contributed by atoms with E-state index in [9.17, 15) is 9.18 Å². The average molecular weight is 301 g/mol. The van der Waals surface area contributed by atoms with Crippen molar-refractivity contribution < 1.29 is 9.18 Å². The Hall–Kier alpha value is -0.940. The lowest BCUT2D eigenvalue weighted by Crippen LogP contribution is -2.34. The van der Waals surface area contributed by atoms with Gasteiger partial charge in [-0.25, -0.2) is 4.39 Å². The van der Waals surface area contributed by atoms with E-state index in [4.69, 9.17) is 0 Å². The molecule has 1 amide bonds. The zero-order valence-electron chi connectivity index (χ0n) is 9.38. The van der Waals surface area contributed by atoms with E-state index in [0.29, 0.717) is 13.1 Å². The summed E-state index contributed by atoms with van der Waals surface area (Å²) < 4.78 is 14.0. The zero-order chi connectivity index (χ0) is 12.3. The molecule has 1 aromatic carbocycles. The third-order valence-electron chi connectivity index (χ3n) is 2.78. The molecule has 1 fully saturated rings. The molecule has 0 unspecified atom stereocenters. The number of carbonyl (C=O) groups is 1. The van der Waals surface area contributed by atoms with Crippen molar-refractivity contribution in [2.75, 3.05) is 19.6 Å². The first kappa shape index (κ1) is 12.5. The van der Waals surface area contributed by atoms with Crippen LogP contribution in [0.1, 0.15) is 12.0 Å². The van der Waals surface area contributed by atoms with Crippen molar-refractivity contribution in [2.24, 2.45) is 0 Å². The standard InChI is InChI=1S/C12H14BrFN2O/c13-11-3-2-10(14)6-9(11)8-16-5-1-4-15-7-12(16)17/h2-3,6,15H,1,4-5,7-8H2. The van der Waals surface area contributed by atoms with Crippen LogP contribution < -0.4 is 5.32 Å². The molecule has 1 N–H and O–H groups in total.